The summed E-state index contributed by atoms with van der Waals surface area (Å²) in [6.07, 6.45) is 9.09. The van der Waals surface area contributed by atoms with Crippen molar-refractivity contribution in [3.63, 3.8) is 0 Å². The van der Waals surface area contributed by atoms with Crippen LogP contribution in [0.1, 0.15) is 11.5 Å². The van der Waals surface area contributed by atoms with Crippen molar-refractivity contribution < 1.29 is 4.42 Å². The Morgan fingerprint density at radius 3 is 1.68 bits per heavy atom. The third kappa shape index (κ3) is 5.60. The highest BCUT2D eigenvalue weighted by atomic mass is 16.3. The van der Waals surface area contributed by atoms with Crippen LogP contribution in [-0.4, -0.2) is 6.04 Å². The van der Waals surface area contributed by atoms with Gasteiger partial charge in [0.1, 0.15) is 11.2 Å². The molecule has 1 aliphatic heterocycles. The molecule has 296 valence electrons. The highest BCUT2D eigenvalue weighted by Crippen LogP contribution is 2.50. The van der Waals surface area contributed by atoms with Gasteiger partial charge < -0.3 is 14.2 Å². The van der Waals surface area contributed by atoms with Gasteiger partial charge in [0, 0.05) is 56.3 Å². The summed E-state index contributed by atoms with van der Waals surface area (Å²) in [7, 11) is 0. The van der Waals surface area contributed by atoms with Gasteiger partial charge in [-0.25, -0.2) is 0 Å². The Morgan fingerprint density at radius 1 is 0.381 bits per heavy atom. The molecule has 0 fully saturated rings. The second-order valence-corrected chi connectivity index (χ2v) is 16.8. The van der Waals surface area contributed by atoms with E-state index in [0.717, 1.165) is 55.7 Å². The smallest absolute Gasteiger partial charge is 0.143 e. The summed E-state index contributed by atoms with van der Waals surface area (Å²) >= 11 is 0. The molecule has 10 aromatic carbocycles. The van der Waals surface area contributed by atoms with Crippen molar-refractivity contribution in [1.29, 1.82) is 0 Å². The number of hydrogen-bond acceptors (Lipinski definition) is 3. The molecule has 0 N–H and O–H groups in total. The standard InChI is InChI=1S/C60H40N2O/c1-2-23-48-46(21-1)47-22-3-4-24-49(47)55-38-43(34-35-50(48)55)61(42-19-14-17-40(37-42)45-28-15-29-54-53-27-8-12-33-59(53)63-60(45)54)41-18-13-16-39(36-41)44-20-5-9-30-56(44)62-57-31-10-6-25-51(57)52-26-7-11-32-58(52)62/h1-38,51,57H. The van der Waals surface area contributed by atoms with Crippen molar-refractivity contribution >= 4 is 82.7 Å². The molecule has 0 radical (unpaired) electrons. The molecule has 3 heteroatoms. The van der Waals surface area contributed by atoms with Gasteiger partial charge in [-0.1, -0.05) is 176 Å². The van der Waals surface area contributed by atoms with Crippen molar-refractivity contribution in [1.82, 2.24) is 0 Å². The van der Waals surface area contributed by atoms with Crippen molar-refractivity contribution in [2.75, 3.05) is 9.80 Å². The predicted molar refractivity (Wildman–Crippen MR) is 265 cm³/mol. The summed E-state index contributed by atoms with van der Waals surface area (Å²) in [6, 6.07) is 75.4. The van der Waals surface area contributed by atoms with Crippen LogP contribution in [0.2, 0.25) is 0 Å². The third-order valence-corrected chi connectivity index (χ3v) is 13.3. The minimum Gasteiger partial charge on any atom is -0.455 e. The molecule has 3 nitrogen and oxygen atoms in total. The van der Waals surface area contributed by atoms with E-state index < -0.39 is 0 Å². The van der Waals surface area contributed by atoms with Gasteiger partial charge in [-0.3, -0.25) is 0 Å². The molecule has 2 unspecified atom stereocenters. The minimum absolute atomic E-state index is 0.204. The molecule has 13 rings (SSSR count). The molecule has 11 aromatic rings. The zero-order valence-electron chi connectivity index (χ0n) is 34.4. The lowest BCUT2D eigenvalue weighted by Crippen LogP contribution is -2.28. The van der Waals surface area contributed by atoms with Crippen LogP contribution in [0.15, 0.2) is 235 Å². The second kappa shape index (κ2) is 14.2. The number of fused-ring (bicyclic) bond motifs is 12. The Hall–Kier alpha value is -8.14. The number of furan rings is 1. The van der Waals surface area contributed by atoms with Crippen LogP contribution in [0.4, 0.5) is 28.4 Å². The lowest BCUT2D eigenvalue weighted by molar-refractivity contribution is 0.670. The monoisotopic (exact) mass is 804 g/mol. The van der Waals surface area contributed by atoms with Crippen molar-refractivity contribution in [2.45, 2.75) is 12.0 Å². The first-order chi connectivity index (χ1) is 31.3. The molecule has 1 aliphatic carbocycles. The zero-order valence-corrected chi connectivity index (χ0v) is 34.4. The number of benzene rings is 10. The number of anilines is 5. The third-order valence-electron chi connectivity index (χ3n) is 13.3. The van der Waals surface area contributed by atoms with Crippen LogP contribution < -0.4 is 9.80 Å². The average molecular weight is 805 g/mol. The van der Waals surface area contributed by atoms with E-state index in [1.54, 1.807) is 0 Å². The summed E-state index contributed by atoms with van der Waals surface area (Å²) < 4.78 is 6.58. The maximum absolute atomic E-state index is 6.58. The Morgan fingerprint density at radius 2 is 0.921 bits per heavy atom. The Kier molecular flexibility index (Phi) is 8.04. The maximum Gasteiger partial charge on any atom is 0.143 e. The van der Waals surface area contributed by atoms with E-state index in [1.807, 2.05) is 6.07 Å². The lowest BCUT2D eigenvalue weighted by Gasteiger charge is -2.31. The van der Waals surface area contributed by atoms with E-state index in [1.165, 1.54) is 54.8 Å². The number of nitrogens with zero attached hydrogens (tertiary/aromatic N) is 2. The van der Waals surface area contributed by atoms with Crippen molar-refractivity contribution in [3.8, 4) is 22.3 Å². The Balaban J connectivity index is 1.01. The number of rotatable bonds is 6. The Labute approximate surface area is 365 Å². The van der Waals surface area contributed by atoms with E-state index in [2.05, 4.69) is 234 Å². The fraction of sp³-hybridized carbons (Fsp3) is 0.0333. The van der Waals surface area contributed by atoms with E-state index in [4.69, 9.17) is 4.42 Å². The first-order valence-electron chi connectivity index (χ1n) is 21.8. The van der Waals surface area contributed by atoms with Crippen molar-refractivity contribution in [2.24, 2.45) is 0 Å². The van der Waals surface area contributed by atoms with Gasteiger partial charge in [-0.15, -0.1) is 0 Å². The first kappa shape index (κ1) is 35.6. The maximum atomic E-state index is 6.58. The van der Waals surface area contributed by atoms with Gasteiger partial charge in [0.2, 0.25) is 0 Å². The van der Waals surface area contributed by atoms with Gasteiger partial charge in [-0.2, -0.15) is 0 Å². The lowest BCUT2D eigenvalue weighted by atomic mass is 9.91. The zero-order chi connectivity index (χ0) is 41.4. The molecule has 0 bridgehead atoms. The molecule has 2 heterocycles. The normalized spacial score (nSPS) is 15.5. The summed E-state index contributed by atoms with van der Waals surface area (Å²) in [5.74, 6) is 0.305. The number of para-hydroxylation sites is 4. The van der Waals surface area contributed by atoms with Gasteiger partial charge >= 0.3 is 0 Å². The summed E-state index contributed by atoms with van der Waals surface area (Å²) in [6.45, 7) is 0. The number of hydrogen-bond donors (Lipinski definition) is 0. The summed E-state index contributed by atoms with van der Waals surface area (Å²) in [4.78, 5) is 4.97. The van der Waals surface area contributed by atoms with Gasteiger partial charge in [0.25, 0.3) is 0 Å². The molecular formula is C60H40N2O. The van der Waals surface area contributed by atoms with Crippen LogP contribution in [0.25, 0.3) is 76.5 Å². The highest BCUT2D eigenvalue weighted by molar-refractivity contribution is 6.26. The van der Waals surface area contributed by atoms with E-state index in [0.29, 0.717) is 5.92 Å². The SMILES string of the molecule is C1=CC2c3ccccc3N(c3ccccc3-c3cccc(N(c4cccc(-c5cccc6c5oc5ccccc56)c4)c4ccc5c6ccccc6c6ccccc6c5c4)c3)C2C=C1. The molecule has 63 heavy (non-hydrogen) atoms. The summed E-state index contributed by atoms with van der Waals surface area (Å²) in [5, 5.41) is 9.77. The predicted octanol–water partition coefficient (Wildman–Crippen LogP) is 16.6. The number of allylic oxidation sites excluding steroid dienone is 2. The highest BCUT2D eigenvalue weighted by Gasteiger charge is 2.38. The average Bonchev–Trinajstić information content (AvgIpc) is 3.90. The van der Waals surface area contributed by atoms with Crippen LogP contribution >= 0.6 is 0 Å². The Bertz CT molecular complexity index is 3650. The molecular weight excluding hydrogens is 765 g/mol. The van der Waals surface area contributed by atoms with Crippen LogP contribution in [-0.2, 0) is 0 Å². The topological polar surface area (TPSA) is 19.6 Å². The van der Waals surface area contributed by atoms with E-state index in [9.17, 15) is 0 Å². The van der Waals surface area contributed by atoms with E-state index >= 15 is 0 Å². The van der Waals surface area contributed by atoms with Crippen molar-refractivity contribution in [3.05, 3.63) is 236 Å². The molecule has 2 aliphatic rings. The minimum atomic E-state index is 0.204. The molecule has 0 amide bonds. The molecule has 0 spiro atoms. The van der Waals surface area contributed by atoms with Gasteiger partial charge in [-0.05, 0) is 104 Å². The second-order valence-electron chi connectivity index (χ2n) is 16.8. The summed E-state index contributed by atoms with van der Waals surface area (Å²) in [5.41, 5.74) is 13.4. The fourth-order valence-corrected chi connectivity index (χ4v) is 10.6. The van der Waals surface area contributed by atoms with Crippen LogP contribution in [0.5, 0.6) is 0 Å². The van der Waals surface area contributed by atoms with E-state index in [-0.39, 0.29) is 6.04 Å². The van der Waals surface area contributed by atoms with Crippen LogP contribution in [0.3, 0.4) is 0 Å². The molecule has 0 saturated carbocycles. The van der Waals surface area contributed by atoms with Crippen LogP contribution in [0, 0.1) is 0 Å². The first-order valence-corrected chi connectivity index (χ1v) is 21.8. The quantitative estimate of drug-likeness (QED) is 0.156. The molecule has 2 atom stereocenters. The molecule has 0 saturated heterocycles. The molecule has 1 aromatic heterocycles. The largest absolute Gasteiger partial charge is 0.455 e. The van der Waals surface area contributed by atoms with Gasteiger partial charge in [0.05, 0.1) is 6.04 Å². The fourth-order valence-electron chi connectivity index (χ4n) is 10.6. The van der Waals surface area contributed by atoms with Gasteiger partial charge in [0.15, 0.2) is 0 Å².